The van der Waals surface area contributed by atoms with Gasteiger partial charge in [-0.05, 0) is 17.9 Å². The second-order valence-electron chi connectivity index (χ2n) is 4.78. The molecule has 1 fully saturated rings. The Bertz CT molecular complexity index is 389. The lowest BCUT2D eigenvalue weighted by atomic mass is 9.94. The smallest absolute Gasteiger partial charge is 0.314 e. The SMILES string of the molecule is O=C(NCCc1cccs1)NCC1(O)CCOCC1. The van der Waals surface area contributed by atoms with Crippen molar-refractivity contribution in [3.05, 3.63) is 22.4 Å². The van der Waals surface area contributed by atoms with E-state index in [0.29, 0.717) is 32.6 Å². The number of urea groups is 1. The number of carbonyl (C=O) groups excluding carboxylic acids is 1. The quantitative estimate of drug-likeness (QED) is 0.759. The molecule has 0 saturated carbocycles. The first-order chi connectivity index (χ1) is 9.18. The van der Waals surface area contributed by atoms with Gasteiger partial charge in [-0.15, -0.1) is 11.3 Å². The summed E-state index contributed by atoms with van der Waals surface area (Å²) >= 11 is 1.68. The highest BCUT2D eigenvalue weighted by Crippen LogP contribution is 2.19. The second kappa shape index (κ2) is 6.88. The van der Waals surface area contributed by atoms with E-state index in [-0.39, 0.29) is 12.6 Å². The summed E-state index contributed by atoms with van der Waals surface area (Å²) in [4.78, 5) is 12.8. The van der Waals surface area contributed by atoms with E-state index in [0.717, 1.165) is 6.42 Å². The molecule has 106 valence electrons. The maximum absolute atomic E-state index is 11.6. The topological polar surface area (TPSA) is 70.6 Å². The van der Waals surface area contributed by atoms with E-state index in [4.69, 9.17) is 4.74 Å². The fourth-order valence-electron chi connectivity index (χ4n) is 1.99. The molecule has 2 heterocycles. The summed E-state index contributed by atoms with van der Waals surface area (Å²) in [6.07, 6.45) is 1.98. The fraction of sp³-hybridized carbons (Fsp3) is 0.615. The molecule has 0 radical (unpaired) electrons. The zero-order valence-electron chi connectivity index (χ0n) is 10.9. The average molecular weight is 284 g/mol. The summed E-state index contributed by atoms with van der Waals surface area (Å²) in [6, 6.07) is 3.83. The summed E-state index contributed by atoms with van der Waals surface area (Å²) in [7, 11) is 0. The van der Waals surface area contributed by atoms with E-state index >= 15 is 0 Å². The Labute approximate surface area is 117 Å². The third-order valence-electron chi connectivity index (χ3n) is 3.24. The summed E-state index contributed by atoms with van der Waals surface area (Å²) < 4.78 is 5.19. The fourth-order valence-corrected chi connectivity index (χ4v) is 2.70. The summed E-state index contributed by atoms with van der Waals surface area (Å²) in [5, 5.41) is 17.7. The molecule has 0 bridgehead atoms. The number of ether oxygens (including phenoxy) is 1. The molecular weight excluding hydrogens is 264 g/mol. The third kappa shape index (κ3) is 4.81. The van der Waals surface area contributed by atoms with Gasteiger partial charge in [-0.3, -0.25) is 0 Å². The number of rotatable bonds is 5. The van der Waals surface area contributed by atoms with E-state index in [1.54, 1.807) is 11.3 Å². The van der Waals surface area contributed by atoms with E-state index in [2.05, 4.69) is 16.7 Å². The molecule has 1 aliphatic rings. The highest BCUT2D eigenvalue weighted by molar-refractivity contribution is 7.09. The Balaban J connectivity index is 1.61. The summed E-state index contributed by atoms with van der Waals surface area (Å²) in [5.41, 5.74) is -0.816. The number of hydrogen-bond acceptors (Lipinski definition) is 4. The van der Waals surface area contributed by atoms with Gasteiger partial charge >= 0.3 is 6.03 Å². The lowest BCUT2D eigenvalue weighted by Crippen LogP contribution is -2.49. The minimum absolute atomic E-state index is 0.225. The van der Waals surface area contributed by atoms with Crippen molar-refractivity contribution in [1.29, 1.82) is 0 Å². The van der Waals surface area contributed by atoms with Crippen LogP contribution in [0.15, 0.2) is 17.5 Å². The number of amides is 2. The van der Waals surface area contributed by atoms with Crippen LogP contribution >= 0.6 is 11.3 Å². The molecule has 0 atom stereocenters. The molecule has 0 aromatic carbocycles. The van der Waals surface area contributed by atoms with Gasteiger partial charge in [0.15, 0.2) is 0 Å². The van der Waals surface area contributed by atoms with Gasteiger partial charge in [0, 0.05) is 44.0 Å². The van der Waals surface area contributed by atoms with Crippen LogP contribution in [0.3, 0.4) is 0 Å². The Morgan fingerprint density at radius 3 is 2.89 bits per heavy atom. The molecule has 6 heteroatoms. The number of nitrogens with one attached hydrogen (secondary N) is 2. The molecule has 0 aliphatic carbocycles. The van der Waals surface area contributed by atoms with Gasteiger partial charge in [-0.2, -0.15) is 0 Å². The minimum Gasteiger partial charge on any atom is -0.388 e. The predicted octanol–water partition coefficient (Wildman–Crippen LogP) is 1.13. The van der Waals surface area contributed by atoms with Crippen molar-refractivity contribution in [2.75, 3.05) is 26.3 Å². The van der Waals surface area contributed by atoms with Crippen molar-refractivity contribution in [1.82, 2.24) is 10.6 Å². The van der Waals surface area contributed by atoms with Crippen LogP contribution in [-0.2, 0) is 11.2 Å². The van der Waals surface area contributed by atoms with Crippen LogP contribution in [0.2, 0.25) is 0 Å². The van der Waals surface area contributed by atoms with Crippen molar-refractivity contribution < 1.29 is 14.6 Å². The third-order valence-corrected chi connectivity index (χ3v) is 4.17. The van der Waals surface area contributed by atoms with Crippen molar-refractivity contribution in [2.24, 2.45) is 0 Å². The Morgan fingerprint density at radius 2 is 2.21 bits per heavy atom. The zero-order valence-corrected chi connectivity index (χ0v) is 11.7. The van der Waals surface area contributed by atoms with Crippen LogP contribution < -0.4 is 10.6 Å². The largest absolute Gasteiger partial charge is 0.388 e. The maximum atomic E-state index is 11.6. The van der Waals surface area contributed by atoms with Crippen LogP contribution in [0, 0.1) is 0 Å². The van der Waals surface area contributed by atoms with E-state index < -0.39 is 5.60 Å². The van der Waals surface area contributed by atoms with Crippen molar-refractivity contribution >= 4 is 17.4 Å². The predicted molar refractivity (Wildman–Crippen MR) is 74.4 cm³/mol. The molecule has 5 nitrogen and oxygen atoms in total. The molecule has 1 aromatic heterocycles. The first-order valence-corrected chi connectivity index (χ1v) is 7.40. The summed E-state index contributed by atoms with van der Waals surface area (Å²) in [6.45, 7) is 1.99. The number of carbonyl (C=O) groups is 1. The van der Waals surface area contributed by atoms with Gasteiger partial charge in [0.1, 0.15) is 0 Å². The molecule has 3 N–H and O–H groups in total. The van der Waals surface area contributed by atoms with Crippen molar-refractivity contribution in [3.63, 3.8) is 0 Å². The first-order valence-electron chi connectivity index (χ1n) is 6.52. The lowest BCUT2D eigenvalue weighted by Gasteiger charge is -2.32. The van der Waals surface area contributed by atoms with Gasteiger partial charge in [0.05, 0.1) is 5.60 Å². The van der Waals surface area contributed by atoms with Gasteiger partial charge in [-0.25, -0.2) is 4.79 Å². The first kappa shape index (κ1) is 14.3. The Morgan fingerprint density at radius 1 is 1.42 bits per heavy atom. The minimum atomic E-state index is -0.816. The highest BCUT2D eigenvalue weighted by Gasteiger charge is 2.29. The van der Waals surface area contributed by atoms with Gasteiger partial charge in [0.2, 0.25) is 0 Å². The van der Waals surface area contributed by atoms with Gasteiger partial charge in [-0.1, -0.05) is 6.07 Å². The number of thiophene rings is 1. The summed E-state index contributed by atoms with van der Waals surface area (Å²) in [5.74, 6) is 0. The number of aliphatic hydroxyl groups is 1. The second-order valence-corrected chi connectivity index (χ2v) is 5.81. The molecule has 1 saturated heterocycles. The average Bonchev–Trinajstić information content (AvgIpc) is 2.91. The van der Waals surface area contributed by atoms with Gasteiger partial charge < -0.3 is 20.5 Å². The molecule has 1 aliphatic heterocycles. The van der Waals surface area contributed by atoms with Crippen LogP contribution in [0.25, 0.3) is 0 Å². The van der Waals surface area contributed by atoms with E-state index in [1.807, 2.05) is 11.4 Å². The highest BCUT2D eigenvalue weighted by atomic mass is 32.1. The zero-order chi connectivity index (χ0) is 13.6. The molecule has 1 aromatic rings. The normalized spacial score (nSPS) is 17.9. The lowest BCUT2D eigenvalue weighted by molar-refractivity contribution is -0.0600. The van der Waals surface area contributed by atoms with Crippen molar-refractivity contribution in [2.45, 2.75) is 24.9 Å². The monoisotopic (exact) mass is 284 g/mol. The Hall–Kier alpha value is -1.11. The van der Waals surface area contributed by atoms with Crippen molar-refractivity contribution in [3.8, 4) is 0 Å². The van der Waals surface area contributed by atoms with E-state index in [9.17, 15) is 9.90 Å². The molecule has 0 spiro atoms. The van der Waals surface area contributed by atoms with Gasteiger partial charge in [0.25, 0.3) is 0 Å². The molecule has 0 unspecified atom stereocenters. The van der Waals surface area contributed by atoms with E-state index in [1.165, 1.54) is 4.88 Å². The van der Waals surface area contributed by atoms with Crippen LogP contribution in [0.5, 0.6) is 0 Å². The van der Waals surface area contributed by atoms with Crippen LogP contribution in [0.4, 0.5) is 4.79 Å². The molecule has 2 amide bonds. The number of hydrogen-bond donors (Lipinski definition) is 3. The maximum Gasteiger partial charge on any atom is 0.314 e. The van der Waals surface area contributed by atoms with Crippen LogP contribution in [-0.4, -0.2) is 43.0 Å². The molecule has 19 heavy (non-hydrogen) atoms. The molecular formula is C13H20N2O3S. The Kier molecular flexibility index (Phi) is 5.18. The molecule has 2 rings (SSSR count). The standard InChI is InChI=1S/C13H20N2O3S/c16-12(14-6-3-11-2-1-9-19-11)15-10-13(17)4-7-18-8-5-13/h1-2,9,17H,3-8,10H2,(H2,14,15,16). The van der Waals surface area contributed by atoms with Crippen LogP contribution in [0.1, 0.15) is 17.7 Å².